The molecule has 0 aliphatic carbocycles. The van der Waals surface area contributed by atoms with Gasteiger partial charge in [-0.15, -0.1) is 0 Å². The number of carbonyl (C=O) groups excluding carboxylic acids is 2. The molecule has 0 aliphatic rings. The average molecular weight is 477 g/mol. The molecule has 0 aliphatic heterocycles. The van der Waals surface area contributed by atoms with Gasteiger partial charge in [-0.1, -0.05) is 78.9 Å². The van der Waals surface area contributed by atoms with Crippen molar-refractivity contribution in [3.8, 4) is 0 Å². The number of amides is 2. The van der Waals surface area contributed by atoms with Crippen molar-refractivity contribution in [1.82, 2.24) is 9.55 Å². The third-order valence-electron chi connectivity index (χ3n) is 6.02. The van der Waals surface area contributed by atoms with Crippen LogP contribution in [0, 0.1) is 0 Å². The van der Waals surface area contributed by atoms with Crippen LogP contribution >= 0.6 is 0 Å². The molecule has 4 aromatic carbocycles. The highest BCUT2D eigenvalue weighted by Crippen LogP contribution is 2.23. The molecule has 178 valence electrons. The van der Waals surface area contributed by atoms with E-state index in [-0.39, 0.29) is 30.7 Å². The molecule has 0 radical (unpaired) electrons. The summed E-state index contributed by atoms with van der Waals surface area (Å²) in [4.78, 5) is 45.3. The van der Waals surface area contributed by atoms with Gasteiger partial charge in [-0.2, -0.15) is 0 Å². The summed E-state index contributed by atoms with van der Waals surface area (Å²) in [5.41, 5.74) is 2.06. The molecule has 0 bridgehead atoms. The Balaban J connectivity index is 1.54. The van der Waals surface area contributed by atoms with Crippen molar-refractivity contribution in [2.45, 2.75) is 20.0 Å². The second-order valence-electron chi connectivity index (χ2n) is 8.48. The van der Waals surface area contributed by atoms with Crippen LogP contribution in [0.25, 0.3) is 21.8 Å². The summed E-state index contributed by atoms with van der Waals surface area (Å²) in [5.74, 6) is -0.679. The van der Waals surface area contributed by atoms with E-state index in [0.29, 0.717) is 16.7 Å². The number of fused-ring (bicyclic) bond motifs is 2. The molecule has 0 atom stereocenters. The number of para-hydroxylation sites is 2. The van der Waals surface area contributed by atoms with Crippen LogP contribution in [0.15, 0.2) is 102 Å². The maximum Gasteiger partial charge on any atom is 0.294 e. The Kier molecular flexibility index (Phi) is 6.28. The van der Waals surface area contributed by atoms with E-state index in [2.05, 4.69) is 10.3 Å². The van der Waals surface area contributed by atoms with Crippen LogP contribution in [-0.4, -0.2) is 21.4 Å². The fourth-order valence-corrected chi connectivity index (χ4v) is 4.28. The van der Waals surface area contributed by atoms with Crippen LogP contribution in [0.4, 0.5) is 11.5 Å². The fraction of sp³-hybridized carbons (Fsp3) is 0.103. The molecule has 2 amide bonds. The van der Waals surface area contributed by atoms with Crippen LogP contribution in [0.3, 0.4) is 0 Å². The van der Waals surface area contributed by atoms with Crippen molar-refractivity contribution in [2.24, 2.45) is 0 Å². The lowest BCUT2D eigenvalue weighted by atomic mass is 10.1. The van der Waals surface area contributed by atoms with Gasteiger partial charge in [-0.3, -0.25) is 23.9 Å². The van der Waals surface area contributed by atoms with Crippen LogP contribution < -0.4 is 15.8 Å². The average Bonchev–Trinajstić information content (AvgIpc) is 2.89. The summed E-state index contributed by atoms with van der Waals surface area (Å²) in [6.07, 6.45) is 0. The van der Waals surface area contributed by atoms with Gasteiger partial charge in [0.2, 0.25) is 17.6 Å². The van der Waals surface area contributed by atoms with Gasteiger partial charge < -0.3 is 5.32 Å². The van der Waals surface area contributed by atoms with Gasteiger partial charge in [-0.25, -0.2) is 4.98 Å². The molecular formula is C29H24N4O3. The molecule has 1 heterocycles. The summed E-state index contributed by atoms with van der Waals surface area (Å²) in [5, 5.41) is 4.85. The smallest absolute Gasteiger partial charge is 0.294 e. The normalized spacial score (nSPS) is 10.9. The second kappa shape index (κ2) is 9.84. The van der Waals surface area contributed by atoms with Gasteiger partial charge >= 0.3 is 0 Å². The van der Waals surface area contributed by atoms with E-state index in [4.69, 9.17) is 0 Å². The molecule has 5 rings (SSSR count). The topological polar surface area (TPSA) is 84.3 Å². The number of nitrogens with zero attached hydrogens (tertiary/aromatic N) is 3. The standard InChI is InChI=1S/C29H24N4O3/c1-20(34)32(18-21-10-3-2-4-11-21)28-29(36)33(26-17-8-7-15-25(26)31-28)19-27(35)30-24-16-9-13-22-12-5-6-14-23(22)24/h2-17H,18-19H2,1H3,(H,30,35). The van der Waals surface area contributed by atoms with Crippen LogP contribution in [0.5, 0.6) is 0 Å². The molecule has 7 heteroatoms. The zero-order valence-corrected chi connectivity index (χ0v) is 19.7. The van der Waals surface area contributed by atoms with E-state index in [1.54, 1.807) is 24.3 Å². The molecule has 0 spiro atoms. The van der Waals surface area contributed by atoms with Crippen molar-refractivity contribution in [1.29, 1.82) is 0 Å². The highest BCUT2D eigenvalue weighted by molar-refractivity contribution is 6.02. The molecule has 1 aromatic heterocycles. The molecule has 36 heavy (non-hydrogen) atoms. The number of nitrogens with one attached hydrogen (secondary N) is 1. The highest BCUT2D eigenvalue weighted by atomic mass is 16.2. The van der Waals surface area contributed by atoms with E-state index in [1.807, 2.05) is 72.8 Å². The molecule has 5 aromatic rings. The third kappa shape index (κ3) is 4.59. The lowest BCUT2D eigenvalue weighted by Gasteiger charge is -2.21. The monoisotopic (exact) mass is 476 g/mol. The summed E-state index contributed by atoms with van der Waals surface area (Å²) < 4.78 is 1.37. The lowest BCUT2D eigenvalue weighted by Crippen LogP contribution is -2.38. The van der Waals surface area contributed by atoms with Crippen LogP contribution in [0.2, 0.25) is 0 Å². The van der Waals surface area contributed by atoms with E-state index in [1.165, 1.54) is 16.4 Å². The predicted octanol–water partition coefficient (Wildman–Crippen LogP) is 4.74. The van der Waals surface area contributed by atoms with Crippen molar-refractivity contribution in [2.75, 3.05) is 10.2 Å². The van der Waals surface area contributed by atoms with Crippen molar-refractivity contribution >= 4 is 45.1 Å². The summed E-state index contributed by atoms with van der Waals surface area (Å²) in [7, 11) is 0. The summed E-state index contributed by atoms with van der Waals surface area (Å²) in [6, 6.07) is 29.9. The van der Waals surface area contributed by atoms with Gasteiger partial charge in [0, 0.05) is 18.0 Å². The Morgan fingerprint density at radius 3 is 2.36 bits per heavy atom. The Hall–Kier alpha value is -4.78. The summed E-state index contributed by atoms with van der Waals surface area (Å²) in [6.45, 7) is 1.37. The first-order chi connectivity index (χ1) is 17.5. The Morgan fingerprint density at radius 2 is 1.56 bits per heavy atom. The number of carbonyl (C=O) groups is 2. The molecule has 1 N–H and O–H groups in total. The number of hydrogen-bond acceptors (Lipinski definition) is 4. The SMILES string of the molecule is CC(=O)N(Cc1ccccc1)c1nc2ccccc2n(CC(=O)Nc2cccc3ccccc23)c1=O. The fourth-order valence-electron chi connectivity index (χ4n) is 4.28. The molecule has 7 nitrogen and oxygen atoms in total. The van der Waals surface area contributed by atoms with Crippen molar-refractivity contribution in [3.05, 3.63) is 113 Å². The van der Waals surface area contributed by atoms with E-state index in [0.717, 1.165) is 16.3 Å². The zero-order chi connectivity index (χ0) is 25.1. The van der Waals surface area contributed by atoms with Gasteiger partial charge in [0.05, 0.1) is 17.6 Å². The lowest BCUT2D eigenvalue weighted by molar-refractivity contribution is -0.117. The largest absolute Gasteiger partial charge is 0.324 e. The van der Waals surface area contributed by atoms with Crippen LogP contribution in [-0.2, 0) is 22.7 Å². The molecule has 0 saturated heterocycles. The van der Waals surface area contributed by atoms with E-state index in [9.17, 15) is 14.4 Å². The van der Waals surface area contributed by atoms with E-state index >= 15 is 0 Å². The predicted molar refractivity (Wildman–Crippen MR) is 142 cm³/mol. The number of rotatable bonds is 6. The van der Waals surface area contributed by atoms with E-state index < -0.39 is 5.56 Å². The third-order valence-corrected chi connectivity index (χ3v) is 6.02. The second-order valence-corrected chi connectivity index (χ2v) is 8.48. The summed E-state index contributed by atoms with van der Waals surface area (Å²) >= 11 is 0. The molecular weight excluding hydrogens is 452 g/mol. The van der Waals surface area contributed by atoms with Gasteiger partial charge in [0.15, 0.2) is 0 Å². The van der Waals surface area contributed by atoms with Crippen LogP contribution in [0.1, 0.15) is 12.5 Å². The Morgan fingerprint density at radius 1 is 0.861 bits per heavy atom. The minimum absolute atomic E-state index is 0.0111. The molecule has 0 fully saturated rings. The first kappa shape index (κ1) is 23.0. The minimum Gasteiger partial charge on any atom is -0.324 e. The van der Waals surface area contributed by atoms with Crippen molar-refractivity contribution in [3.63, 3.8) is 0 Å². The first-order valence-corrected chi connectivity index (χ1v) is 11.6. The quantitative estimate of drug-likeness (QED) is 0.384. The van der Waals surface area contributed by atoms with Gasteiger partial charge in [0.25, 0.3) is 5.56 Å². The number of hydrogen-bond donors (Lipinski definition) is 1. The maximum atomic E-state index is 13.6. The zero-order valence-electron chi connectivity index (χ0n) is 19.7. The molecule has 0 saturated carbocycles. The van der Waals surface area contributed by atoms with Gasteiger partial charge in [0.1, 0.15) is 6.54 Å². The number of aromatic nitrogens is 2. The minimum atomic E-state index is -0.507. The van der Waals surface area contributed by atoms with Gasteiger partial charge in [-0.05, 0) is 29.1 Å². The number of benzene rings is 4. The Bertz CT molecular complexity index is 1640. The Labute approximate surface area is 207 Å². The first-order valence-electron chi connectivity index (χ1n) is 11.6. The molecule has 0 unspecified atom stereocenters. The maximum absolute atomic E-state index is 13.6. The van der Waals surface area contributed by atoms with Crippen molar-refractivity contribution < 1.29 is 9.59 Å². The highest BCUT2D eigenvalue weighted by Gasteiger charge is 2.22. The number of anilines is 2.